The molecule has 6 nitrogen and oxygen atoms in total. The summed E-state index contributed by atoms with van der Waals surface area (Å²) in [4.78, 5) is 16.4. The number of carbonyl (C=O) groups is 1. The van der Waals surface area contributed by atoms with Crippen LogP contribution in [0.5, 0.6) is 5.88 Å². The Labute approximate surface area is 122 Å². The van der Waals surface area contributed by atoms with Crippen molar-refractivity contribution in [1.82, 2.24) is 20.5 Å². The van der Waals surface area contributed by atoms with E-state index in [2.05, 4.69) is 20.5 Å². The maximum Gasteiger partial charge on any atom is 0.257 e. The van der Waals surface area contributed by atoms with E-state index in [1.54, 1.807) is 18.3 Å². The summed E-state index contributed by atoms with van der Waals surface area (Å²) in [6, 6.07) is 3.44. The zero-order valence-corrected chi connectivity index (χ0v) is 12.0. The van der Waals surface area contributed by atoms with E-state index < -0.39 is 0 Å². The molecule has 0 saturated carbocycles. The van der Waals surface area contributed by atoms with E-state index >= 15 is 0 Å². The third-order valence-electron chi connectivity index (χ3n) is 3.61. The number of pyridine rings is 1. The Kier molecular flexibility index (Phi) is 3.85. The quantitative estimate of drug-likeness (QED) is 0.875. The molecular formula is C15H18N4O2. The number of fused-ring (bicyclic) bond motifs is 1. The third-order valence-corrected chi connectivity index (χ3v) is 3.61. The van der Waals surface area contributed by atoms with Crippen LogP contribution in [0.25, 0.3) is 0 Å². The van der Waals surface area contributed by atoms with Gasteiger partial charge in [0.25, 0.3) is 5.91 Å². The van der Waals surface area contributed by atoms with E-state index in [0.29, 0.717) is 24.6 Å². The third kappa shape index (κ3) is 2.74. The number of amides is 1. The van der Waals surface area contributed by atoms with Crippen molar-refractivity contribution in [3.63, 3.8) is 0 Å². The summed E-state index contributed by atoms with van der Waals surface area (Å²) in [6.07, 6.45) is 4.85. The van der Waals surface area contributed by atoms with Gasteiger partial charge >= 0.3 is 0 Å². The van der Waals surface area contributed by atoms with E-state index in [1.165, 1.54) is 11.3 Å². The van der Waals surface area contributed by atoms with Gasteiger partial charge in [-0.2, -0.15) is 5.10 Å². The van der Waals surface area contributed by atoms with E-state index in [9.17, 15) is 4.79 Å². The molecule has 0 radical (unpaired) electrons. The predicted molar refractivity (Wildman–Crippen MR) is 77.2 cm³/mol. The van der Waals surface area contributed by atoms with Crippen LogP contribution in [-0.4, -0.2) is 27.7 Å². The molecule has 0 aliphatic heterocycles. The number of nitrogens with zero attached hydrogens (tertiary/aromatic N) is 2. The average molecular weight is 286 g/mol. The zero-order valence-electron chi connectivity index (χ0n) is 12.0. The fraction of sp³-hybridized carbons (Fsp3) is 0.400. The molecule has 6 heteroatoms. The van der Waals surface area contributed by atoms with Crippen molar-refractivity contribution in [3.8, 4) is 5.88 Å². The summed E-state index contributed by atoms with van der Waals surface area (Å²) in [5.74, 6) is 0.172. The lowest BCUT2D eigenvalue weighted by Gasteiger charge is -2.09. The van der Waals surface area contributed by atoms with Crippen LogP contribution in [0.4, 0.5) is 0 Å². The van der Waals surface area contributed by atoms with Gasteiger partial charge in [0.1, 0.15) is 5.56 Å². The minimum absolute atomic E-state index is 0.193. The second kappa shape index (κ2) is 5.95. The largest absolute Gasteiger partial charge is 0.477 e. The fourth-order valence-electron chi connectivity index (χ4n) is 2.61. The van der Waals surface area contributed by atoms with Gasteiger partial charge < -0.3 is 10.1 Å². The number of carbonyl (C=O) groups excluding carboxylic acids is 1. The monoisotopic (exact) mass is 286 g/mol. The first kappa shape index (κ1) is 13.6. The van der Waals surface area contributed by atoms with Crippen molar-refractivity contribution in [2.75, 3.05) is 6.61 Å². The Morgan fingerprint density at radius 1 is 1.48 bits per heavy atom. The number of rotatable bonds is 5. The Balaban J connectivity index is 1.69. The molecule has 2 N–H and O–H groups in total. The number of hydrogen-bond donors (Lipinski definition) is 2. The minimum Gasteiger partial charge on any atom is -0.477 e. The summed E-state index contributed by atoms with van der Waals surface area (Å²) >= 11 is 0. The van der Waals surface area contributed by atoms with Crippen molar-refractivity contribution in [1.29, 1.82) is 0 Å². The summed E-state index contributed by atoms with van der Waals surface area (Å²) < 4.78 is 5.38. The van der Waals surface area contributed by atoms with Crippen molar-refractivity contribution in [3.05, 3.63) is 40.8 Å². The van der Waals surface area contributed by atoms with Gasteiger partial charge in [-0.05, 0) is 43.9 Å². The number of aromatic amines is 1. The lowest BCUT2D eigenvalue weighted by molar-refractivity contribution is 0.0945. The van der Waals surface area contributed by atoms with Crippen LogP contribution in [0.3, 0.4) is 0 Å². The van der Waals surface area contributed by atoms with Gasteiger partial charge in [0.2, 0.25) is 5.88 Å². The number of H-pyrrole nitrogens is 1. The van der Waals surface area contributed by atoms with Gasteiger partial charge in [0.05, 0.1) is 18.8 Å². The highest BCUT2D eigenvalue weighted by molar-refractivity contribution is 5.96. The van der Waals surface area contributed by atoms with Crippen LogP contribution in [-0.2, 0) is 19.4 Å². The molecule has 0 bridgehead atoms. The number of aromatic nitrogens is 3. The molecule has 21 heavy (non-hydrogen) atoms. The molecule has 1 aliphatic rings. The molecule has 0 spiro atoms. The van der Waals surface area contributed by atoms with E-state index in [1.807, 2.05) is 6.92 Å². The molecule has 0 atom stereocenters. The minimum atomic E-state index is -0.193. The van der Waals surface area contributed by atoms with Gasteiger partial charge in [-0.3, -0.25) is 9.89 Å². The zero-order chi connectivity index (χ0) is 14.7. The molecule has 2 aromatic heterocycles. The second-order valence-corrected chi connectivity index (χ2v) is 4.95. The molecule has 0 saturated heterocycles. The molecule has 3 rings (SSSR count). The van der Waals surface area contributed by atoms with E-state index in [4.69, 9.17) is 4.74 Å². The lowest BCUT2D eigenvalue weighted by atomic mass is 10.2. The first-order valence-corrected chi connectivity index (χ1v) is 7.20. The summed E-state index contributed by atoms with van der Waals surface area (Å²) in [6.45, 7) is 2.76. The SMILES string of the molecule is CCOc1ncccc1C(=O)NCc1n[nH]c2c1CCC2. The van der Waals surface area contributed by atoms with Crippen LogP contribution in [0.15, 0.2) is 18.3 Å². The van der Waals surface area contributed by atoms with Crippen molar-refractivity contribution < 1.29 is 9.53 Å². The van der Waals surface area contributed by atoms with Gasteiger partial charge in [0.15, 0.2) is 0 Å². The van der Waals surface area contributed by atoms with Crippen molar-refractivity contribution in [2.45, 2.75) is 32.7 Å². The maximum absolute atomic E-state index is 12.3. The number of nitrogens with one attached hydrogen (secondary N) is 2. The smallest absolute Gasteiger partial charge is 0.257 e. The van der Waals surface area contributed by atoms with Gasteiger partial charge in [-0.1, -0.05) is 0 Å². The standard InChI is InChI=1S/C15H18N4O2/c1-2-21-15-11(6-4-8-16-15)14(20)17-9-13-10-5-3-7-12(10)18-19-13/h4,6,8H,2-3,5,7,9H2,1H3,(H,17,20)(H,18,19). The molecule has 0 aromatic carbocycles. The average Bonchev–Trinajstić information content (AvgIpc) is 3.09. The fourth-order valence-corrected chi connectivity index (χ4v) is 2.61. The van der Waals surface area contributed by atoms with Gasteiger partial charge in [0, 0.05) is 11.9 Å². The molecule has 2 heterocycles. The Hall–Kier alpha value is -2.37. The highest BCUT2D eigenvalue weighted by Gasteiger charge is 2.19. The first-order chi connectivity index (χ1) is 10.3. The highest BCUT2D eigenvalue weighted by Crippen LogP contribution is 2.22. The lowest BCUT2D eigenvalue weighted by Crippen LogP contribution is -2.24. The number of ether oxygens (including phenoxy) is 1. The molecule has 1 aliphatic carbocycles. The normalized spacial score (nSPS) is 13.0. The molecule has 0 fully saturated rings. The molecular weight excluding hydrogens is 268 g/mol. The highest BCUT2D eigenvalue weighted by atomic mass is 16.5. The van der Waals surface area contributed by atoms with Gasteiger partial charge in [-0.25, -0.2) is 4.98 Å². The molecule has 110 valence electrons. The topological polar surface area (TPSA) is 79.9 Å². The van der Waals surface area contributed by atoms with Crippen LogP contribution in [0.1, 0.15) is 40.7 Å². The van der Waals surface area contributed by atoms with Crippen LogP contribution >= 0.6 is 0 Å². The van der Waals surface area contributed by atoms with Crippen molar-refractivity contribution >= 4 is 5.91 Å². The first-order valence-electron chi connectivity index (χ1n) is 7.20. The van der Waals surface area contributed by atoms with Crippen LogP contribution in [0, 0.1) is 0 Å². The molecule has 2 aromatic rings. The maximum atomic E-state index is 12.3. The molecule has 1 amide bonds. The Morgan fingerprint density at radius 2 is 2.38 bits per heavy atom. The summed E-state index contributed by atoms with van der Waals surface area (Å²) in [5.41, 5.74) is 3.84. The van der Waals surface area contributed by atoms with Crippen LogP contribution in [0.2, 0.25) is 0 Å². The molecule has 0 unspecified atom stereocenters. The second-order valence-electron chi connectivity index (χ2n) is 4.95. The van der Waals surface area contributed by atoms with Gasteiger partial charge in [-0.15, -0.1) is 0 Å². The van der Waals surface area contributed by atoms with E-state index in [-0.39, 0.29) is 5.91 Å². The summed E-state index contributed by atoms with van der Waals surface area (Å²) in [5, 5.41) is 10.2. The van der Waals surface area contributed by atoms with E-state index in [0.717, 1.165) is 25.0 Å². The Morgan fingerprint density at radius 3 is 3.24 bits per heavy atom. The number of aryl methyl sites for hydroxylation is 1. The summed E-state index contributed by atoms with van der Waals surface area (Å²) in [7, 11) is 0. The predicted octanol–water partition coefficient (Wildman–Crippen LogP) is 1.62. The number of hydrogen-bond acceptors (Lipinski definition) is 4. The van der Waals surface area contributed by atoms with Crippen molar-refractivity contribution in [2.24, 2.45) is 0 Å². The van der Waals surface area contributed by atoms with Crippen LogP contribution < -0.4 is 10.1 Å². The Bertz CT molecular complexity index is 651.